The summed E-state index contributed by atoms with van der Waals surface area (Å²) >= 11 is 0. The van der Waals surface area contributed by atoms with Crippen molar-refractivity contribution in [2.45, 2.75) is 40.7 Å². The van der Waals surface area contributed by atoms with E-state index in [0.717, 1.165) is 5.56 Å². The molecule has 1 aromatic rings. The van der Waals surface area contributed by atoms with Gasteiger partial charge in [-0.2, -0.15) is 0 Å². The summed E-state index contributed by atoms with van der Waals surface area (Å²) in [6.45, 7) is 9.93. The van der Waals surface area contributed by atoms with Gasteiger partial charge in [-0.15, -0.1) is 0 Å². The quantitative estimate of drug-likeness (QED) is 0.739. The largest absolute Gasteiger partial charge is 0.458 e. The van der Waals surface area contributed by atoms with Crippen molar-refractivity contribution in [2.24, 2.45) is 11.8 Å². The van der Waals surface area contributed by atoms with E-state index in [1.54, 1.807) is 0 Å². The minimum Gasteiger partial charge on any atom is -0.458 e. The molecule has 0 spiro atoms. The topological polar surface area (TPSA) is 26.3 Å². The number of esters is 1. The Morgan fingerprint density at radius 3 is 2.06 bits per heavy atom. The Hall–Kier alpha value is -1.31. The fraction of sp³-hybridized carbons (Fsp3) is 0.533. The first-order chi connectivity index (χ1) is 7.91. The first-order valence-electron chi connectivity index (χ1n) is 6.19. The van der Waals surface area contributed by atoms with E-state index in [-0.39, 0.29) is 18.0 Å². The first kappa shape index (κ1) is 13.8. The number of rotatable bonds is 4. The Morgan fingerprint density at radius 2 is 1.59 bits per heavy atom. The molecule has 0 amide bonds. The Labute approximate surface area is 104 Å². The molecule has 0 saturated heterocycles. The van der Waals surface area contributed by atoms with Gasteiger partial charge in [0.25, 0.3) is 0 Å². The highest BCUT2D eigenvalue weighted by molar-refractivity contribution is 5.72. The molecule has 0 saturated carbocycles. The van der Waals surface area contributed by atoms with Gasteiger partial charge in [-0.05, 0) is 25.3 Å². The second kappa shape index (κ2) is 5.85. The predicted molar refractivity (Wildman–Crippen MR) is 69.7 cm³/mol. The van der Waals surface area contributed by atoms with Gasteiger partial charge in [-0.3, -0.25) is 4.79 Å². The summed E-state index contributed by atoms with van der Waals surface area (Å²) < 4.78 is 5.46. The zero-order valence-electron chi connectivity index (χ0n) is 11.4. The van der Waals surface area contributed by atoms with E-state index in [0.29, 0.717) is 5.92 Å². The van der Waals surface area contributed by atoms with Crippen LogP contribution in [0.15, 0.2) is 24.3 Å². The van der Waals surface area contributed by atoms with Crippen LogP contribution >= 0.6 is 0 Å². The highest BCUT2D eigenvalue weighted by atomic mass is 16.5. The zero-order chi connectivity index (χ0) is 13.0. The average molecular weight is 234 g/mol. The van der Waals surface area contributed by atoms with Gasteiger partial charge in [0.15, 0.2) is 0 Å². The van der Waals surface area contributed by atoms with Crippen LogP contribution in [-0.4, -0.2) is 5.97 Å². The molecule has 0 bridgehead atoms. The van der Waals surface area contributed by atoms with Gasteiger partial charge in [0.1, 0.15) is 6.10 Å². The van der Waals surface area contributed by atoms with Crippen LogP contribution in [0.25, 0.3) is 0 Å². The molecule has 2 atom stereocenters. The molecular weight excluding hydrogens is 212 g/mol. The van der Waals surface area contributed by atoms with Crippen LogP contribution in [0.4, 0.5) is 0 Å². The van der Waals surface area contributed by atoms with E-state index in [1.807, 2.05) is 58.9 Å². The lowest BCUT2D eigenvalue weighted by Crippen LogP contribution is -2.21. The van der Waals surface area contributed by atoms with Gasteiger partial charge in [-0.1, -0.05) is 50.6 Å². The Kier molecular flexibility index (Phi) is 4.73. The molecule has 0 aromatic heterocycles. The lowest BCUT2D eigenvalue weighted by Gasteiger charge is -2.19. The van der Waals surface area contributed by atoms with Crippen molar-refractivity contribution in [2.75, 3.05) is 0 Å². The molecule has 1 aromatic carbocycles. The van der Waals surface area contributed by atoms with Gasteiger partial charge in [-0.25, -0.2) is 0 Å². The van der Waals surface area contributed by atoms with Crippen LogP contribution < -0.4 is 0 Å². The molecule has 0 radical (unpaired) electrons. The normalized spacial score (nSPS) is 14.5. The summed E-state index contributed by atoms with van der Waals surface area (Å²) in [4.78, 5) is 11.8. The van der Waals surface area contributed by atoms with Crippen molar-refractivity contribution in [3.8, 4) is 0 Å². The number of carbonyl (C=O) groups is 1. The number of ether oxygens (including phenoxy) is 1. The molecule has 0 fully saturated rings. The van der Waals surface area contributed by atoms with Crippen molar-refractivity contribution >= 4 is 5.97 Å². The van der Waals surface area contributed by atoms with Gasteiger partial charge in [0.05, 0.1) is 5.92 Å². The maximum absolute atomic E-state index is 11.8. The standard InChI is InChI=1S/C15H22O2/c1-10(2)12(4)15(16)17-13(5)14-8-6-11(3)7-9-14/h6-10,12-13H,1-5H3. The molecule has 0 aliphatic rings. The van der Waals surface area contributed by atoms with E-state index in [1.165, 1.54) is 5.56 Å². The SMILES string of the molecule is Cc1ccc(C(C)OC(=O)C(C)C(C)C)cc1. The van der Waals surface area contributed by atoms with Crippen molar-refractivity contribution in [3.63, 3.8) is 0 Å². The number of hydrogen-bond acceptors (Lipinski definition) is 2. The average Bonchev–Trinajstić information content (AvgIpc) is 2.28. The molecule has 2 unspecified atom stereocenters. The highest BCUT2D eigenvalue weighted by Gasteiger charge is 2.20. The van der Waals surface area contributed by atoms with Crippen LogP contribution in [0.1, 0.15) is 44.9 Å². The summed E-state index contributed by atoms with van der Waals surface area (Å²) in [7, 11) is 0. The van der Waals surface area contributed by atoms with E-state index < -0.39 is 0 Å². The molecule has 0 heterocycles. The van der Waals surface area contributed by atoms with Gasteiger partial charge in [0.2, 0.25) is 0 Å². The second-order valence-electron chi connectivity index (χ2n) is 5.02. The molecule has 94 valence electrons. The third-order valence-corrected chi connectivity index (χ3v) is 3.21. The van der Waals surface area contributed by atoms with Gasteiger partial charge >= 0.3 is 5.97 Å². The molecular formula is C15H22O2. The lowest BCUT2D eigenvalue weighted by molar-refractivity contribution is -0.154. The maximum Gasteiger partial charge on any atom is 0.309 e. The van der Waals surface area contributed by atoms with Crippen molar-refractivity contribution in [3.05, 3.63) is 35.4 Å². The predicted octanol–water partition coefficient (Wildman–Crippen LogP) is 3.89. The Bertz CT molecular complexity index is 365. The third-order valence-electron chi connectivity index (χ3n) is 3.21. The third kappa shape index (κ3) is 3.88. The van der Waals surface area contributed by atoms with Crippen molar-refractivity contribution in [1.82, 2.24) is 0 Å². The number of aryl methyl sites for hydroxylation is 1. The number of benzene rings is 1. The molecule has 0 aliphatic heterocycles. The second-order valence-corrected chi connectivity index (χ2v) is 5.02. The molecule has 17 heavy (non-hydrogen) atoms. The van der Waals surface area contributed by atoms with Gasteiger partial charge in [0, 0.05) is 0 Å². The molecule has 1 rings (SSSR count). The van der Waals surface area contributed by atoms with Crippen molar-refractivity contribution < 1.29 is 9.53 Å². The zero-order valence-corrected chi connectivity index (χ0v) is 11.4. The van der Waals surface area contributed by atoms with E-state index in [4.69, 9.17) is 4.74 Å². The summed E-state index contributed by atoms with van der Waals surface area (Å²) in [6, 6.07) is 8.08. The summed E-state index contributed by atoms with van der Waals surface area (Å²) in [6.07, 6.45) is -0.177. The molecule has 2 nitrogen and oxygen atoms in total. The van der Waals surface area contributed by atoms with Crippen LogP contribution in [0.3, 0.4) is 0 Å². The van der Waals surface area contributed by atoms with Gasteiger partial charge < -0.3 is 4.74 Å². The molecule has 0 N–H and O–H groups in total. The summed E-state index contributed by atoms with van der Waals surface area (Å²) in [5.41, 5.74) is 2.25. The first-order valence-corrected chi connectivity index (χ1v) is 6.19. The Balaban J connectivity index is 2.63. The maximum atomic E-state index is 11.8. The van der Waals surface area contributed by atoms with Crippen LogP contribution in [0, 0.1) is 18.8 Å². The highest BCUT2D eigenvalue weighted by Crippen LogP contribution is 2.21. The van der Waals surface area contributed by atoms with E-state index in [2.05, 4.69) is 0 Å². The van der Waals surface area contributed by atoms with E-state index >= 15 is 0 Å². The van der Waals surface area contributed by atoms with E-state index in [9.17, 15) is 4.79 Å². The van der Waals surface area contributed by atoms with Crippen LogP contribution in [-0.2, 0) is 9.53 Å². The summed E-state index contributed by atoms with van der Waals surface area (Å²) in [5, 5.41) is 0. The Morgan fingerprint density at radius 1 is 1.06 bits per heavy atom. The molecule has 2 heteroatoms. The lowest BCUT2D eigenvalue weighted by atomic mass is 9.98. The summed E-state index contributed by atoms with van der Waals surface area (Å²) in [5.74, 6) is 0.142. The minimum atomic E-state index is -0.177. The van der Waals surface area contributed by atoms with Crippen LogP contribution in [0.5, 0.6) is 0 Å². The number of carbonyl (C=O) groups excluding carboxylic acids is 1. The molecule has 0 aliphatic carbocycles. The minimum absolute atomic E-state index is 0.0529. The fourth-order valence-corrected chi connectivity index (χ4v) is 1.46. The smallest absolute Gasteiger partial charge is 0.309 e. The van der Waals surface area contributed by atoms with Crippen LogP contribution in [0.2, 0.25) is 0 Å². The number of hydrogen-bond donors (Lipinski definition) is 0. The monoisotopic (exact) mass is 234 g/mol. The van der Waals surface area contributed by atoms with Crippen molar-refractivity contribution in [1.29, 1.82) is 0 Å². The fourth-order valence-electron chi connectivity index (χ4n) is 1.46.